The van der Waals surface area contributed by atoms with Crippen LogP contribution in [-0.2, 0) is 11.0 Å². The Morgan fingerprint density at radius 1 is 1.44 bits per heavy atom. The first-order valence-corrected chi connectivity index (χ1v) is 7.62. The van der Waals surface area contributed by atoms with Crippen LogP contribution in [0.5, 0.6) is 0 Å². The summed E-state index contributed by atoms with van der Waals surface area (Å²) in [6, 6.07) is 0. The summed E-state index contributed by atoms with van der Waals surface area (Å²) in [5.74, 6) is 0.668. The van der Waals surface area contributed by atoms with Crippen LogP contribution >= 0.6 is 0 Å². The number of piperidine rings is 1. The smallest absolute Gasteiger partial charge is 0.0910 e. The van der Waals surface area contributed by atoms with Crippen LogP contribution in [0.4, 0.5) is 0 Å². The Kier molecular flexibility index (Phi) is 4.95. The normalized spacial score (nSPS) is 26.0. The Balaban J connectivity index is 2.46. The molecule has 0 aromatic carbocycles. The maximum absolute atomic E-state index is 11.5. The molecule has 1 fully saturated rings. The minimum Gasteiger partial charge on any atom is -0.301 e. The number of rotatable bonds is 3. The van der Waals surface area contributed by atoms with E-state index in [-0.39, 0.29) is 5.54 Å². The Hall–Kier alpha value is 0.0700. The lowest BCUT2D eigenvalue weighted by atomic mass is 9.97. The molecule has 0 N–H and O–H groups in total. The summed E-state index contributed by atoms with van der Waals surface area (Å²) in [7, 11) is 1.39. The van der Waals surface area contributed by atoms with Gasteiger partial charge in [0.05, 0.1) is 11.0 Å². The van der Waals surface area contributed by atoms with Crippen molar-refractivity contribution in [1.29, 1.82) is 0 Å². The second-order valence-electron chi connectivity index (χ2n) is 5.87. The van der Waals surface area contributed by atoms with Gasteiger partial charge in [-0.1, -0.05) is 0 Å². The first-order valence-electron chi connectivity index (χ1n) is 6.10. The Labute approximate surface area is 103 Å². The van der Waals surface area contributed by atoms with E-state index in [1.807, 2.05) is 0 Å². The van der Waals surface area contributed by atoms with Crippen LogP contribution in [0.3, 0.4) is 0 Å². The molecule has 0 amide bonds. The Bertz CT molecular complexity index is 250. The van der Waals surface area contributed by atoms with Gasteiger partial charge in [-0.3, -0.25) is 0 Å². The molecule has 16 heavy (non-hydrogen) atoms. The highest BCUT2D eigenvalue weighted by Gasteiger charge is 2.26. The van der Waals surface area contributed by atoms with Gasteiger partial charge in [0.2, 0.25) is 0 Å². The van der Waals surface area contributed by atoms with E-state index in [0.717, 1.165) is 19.6 Å². The van der Waals surface area contributed by atoms with Gasteiger partial charge in [0, 0.05) is 31.4 Å². The van der Waals surface area contributed by atoms with E-state index in [1.165, 1.54) is 12.8 Å². The van der Waals surface area contributed by atoms with Gasteiger partial charge in [0.15, 0.2) is 0 Å². The van der Waals surface area contributed by atoms with E-state index in [9.17, 15) is 4.21 Å². The molecule has 2 atom stereocenters. The maximum Gasteiger partial charge on any atom is 0.0910 e. The van der Waals surface area contributed by atoms with Crippen molar-refractivity contribution in [2.75, 3.05) is 32.9 Å². The fourth-order valence-corrected chi connectivity index (χ4v) is 2.88. The monoisotopic (exact) mass is 246 g/mol. The van der Waals surface area contributed by atoms with Crippen LogP contribution in [0.15, 0.2) is 0 Å². The first-order chi connectivity index (χ1) is 7.30. The van der Waals surface area contributed by atoms with E-state index < -0.39 is 11.0 Å². The van der Waals surface area contributed by atoms with Gasteiger partial charge in [-0.15, -0.1) is 0 Å². The Morgan fingerprint density at radius 3 is 2.56 bits per heavy atom. The summed E-state index contributed by atoms with van der Waals surface area (Å²) in [5, 5.41) is 0. The second kappa shape index (κ2) is 5.61. The van der Waals surface area contributed by atoms with Gasteiger partial charge in [0.1, 0.15) is 0 Å². The molecule has 1 unspecified atom stereocenters. The molecule has 0 bridgehead atoms. The standard InChI is InChI=1S/C12H26N2OS/c1-12(2,3)13(4)9-11-7-6-8-14(10-11)16(5)15/h11H,6-10H2,1-5H3/t11-,16?/m1/s1. The lowest BCUT2D eigenvalue weighted by molar-refractivity contribution is 0.125. The van der Waals surface area contributed by atoms with E-state index in [2.05, 4.69) is 37.0 Å². The zero-order chi connectivity index (χ0) is 12.3. The quantitative estimate of drug-likeness (QED) is 0.757. The SMILES string of the molecule is CN(C[C@H]1CCCN(S(C)=O)C1)C(C)(C)C. The second-order valence-corrected chi connectivity index (χ2v) is 7.24. The molecular formula is C12H26N2OS. The van der Waals surface area contributed by atoms with Crippen molar-refractivity contribution in [1.82, 2.24) is 9.21 Å². The predicted octanol–water partition coefficient (Wildman–Crippen LogP) is 1.72. The molecule has 0 saturated carbocycles. The summed E-state index contributed by atoms with van der Waals surface area (Å²) >= 11 is 0. The zero-order valence-corrected chi connectivity index (χ0v) is 12.1. The van der Waals surface area contributed by atoms with Gasteiger partial charge in [-0.2, -0.15) is 0 Å². The first kappa shape index (κ1) is 14.1. The topological polar surface area (TPSA) is 23.6 Å². The molecule has 4 heteroatoms. The van der Waals surface area contributed by atoms with Gasteiger partial charge in [0.25, 0.3) is 0 Å². The summed E-state index contributed by atoms with van der Waals surface area (Å²) in [5.41, 5.74) is 0.230. The molecule has 1 heterocycles. The number of hydrogen-bond donors (Lipinski definition) is 0. The molecule has 1 rings (SSSR count). The molecule has 3 nitrogen and oxygen atoms in total. The molecule has 0 spiro atoms. The van der Waals surface area contributed by atoms with Crippen molar-refractivity contribution in [3.05, 3.63) is 0 Å². The van der Waals surface area contributed by atoms with Crippen molar-refractivity contribution in [3.63, 3.8) is 0 Å². The van der Waals surface area contributed by atoms with Crippen LogP contribution < -0.4 is 0 Å². The minimum atomic E-state index is -0.794. The highest BCUT2D eigenvalue weighted by Crippen LogP contribution is 2.21. The van der Waals surface area contributed by atoms with Gasteiger partial charge >= 0.3 is 0 Å². The largest absolute Gasteiger partial charge is 0.301 e. The van der Waals surface area contributed by atoms with Crippen LogP contribution in [0, 0.1) is 5.92 Å². The highest BCUT2D eigenvalue weighted by molar-refractivity contribution is 7.81. The van der Waals surface area contributed by atoms with Gasteiger partial charge in [-0.25, -0.2) is 8.51 Å². The third kappa shape index (κ3) is 4.15. The molecular weight excluding hydrogens is 220 g/mol. The van der Waals surface area contributed by atoms with E-state index in [4.69, 9.17) is 0 Å². The molecule has 0 radical (unpaired) electrons. The third-order valence-electron chi connectivity index (χ3n) is 3.52. The van der Waals surface area contributed by atoms with Crippen molar-refractivity contribution < 1.29 is 4.21 Å². The van der Waals surface area contributed by atoms with E-state index >= 15 is 0 Å². The molecule has 0 aromatic heterocycles. The van der Waals surface area contributed by atoms with Crippen molar-refractivity contribution in [2.45, 2.75) is 39.2 Å². The van der Waals surface area contributed by atoms with E-state index in [0.29, 0.717) is 5.92 Å². The molecule has 0 aromatic rings. The predicted molar refractivity (Wildman–Crippen MR) is 70.7 cm³/mol. The van der Waals surface area contributed by atoms with Crippen molar-refractivity contribution >= 4 is 11.0 Å². The summed E-state index contributed by atoms with van der Waals surface area (Å²) in [6.07, 6.45) is 4.24. The molecule has 1 aliphatic rings. The lowest BCUT2D eigenvalue weighted by Crippen LogP contribution is -2.45. The maximum atomic E-state index is 11.5. The summed E-state index contributed by atoms with van der Waals surface area (Å²) in [6.45, 7) is 9.82. The third-order valence-corrected chi connectivity index (χ3v) is 4.58. The van der Waals surface area contributed by atoms with Gasteiger partial charge in [-0.05, 0) is 46.6 Å². The van der Waals surface area contributed by atoms with Crippen molar-refractivity contribution in [2.24, 2.45) is 5.92 Å². The van der Waals surface area contributed by atoms with Crippen LogP contribution in [-0.4, -0.2) is 51.9 Å². The van der Waals surface area contributed by atoms with E-state index in [1.54, 1.807) is 6.26 Å². The average Bonchev–Trinajstić information content (AvgIpc) is 2.16. The van der Waals surface area contributed by atoms with Gasteiger partial charge < -0.3 is 4.90 Å². The zero-order valence-electron chi connectivity index (χ0n) is 11.3. The Morgan fingerprint density at radius 2 is 2.06 bits per heavy atom. The van der Waals surface area contributed by atoms with Crippen LogP contribution in [0.25, 0.3) is 0 Å². The number of nitrogens with zero attached hydrogens (tertiary/aromatic N) is 2. The van der Waals surface area contributed by atoms with Crippen LogP contribution in [0.2, 0.25) is 0 Å². The summed E-state index contributed by atoms with van der Waals surface area (Å²) < 4.78 is 13.6. The van der Waals surface area contributed by atoms with Crippen LogP contribution in [0.1, 0.15) is 33.6 Å². The molecule has 96 valence electrons. The molecule has 1 aliphatic heterocycles. The number of hydrogen-bond acceptors (Lipinski definition) is 2. The molecule has 0 aliphatic carbocycles. The fourth-order valence-electron chi connectivity index (χ4n) is 2.07. The van der Waals surface area contributed by atoms with Crippen molar-refractivity contribution in [3.8, 4) is 0 Å². The highest BCUT2D eigenvalue weighted by atomic mass is 32.2. The average molecular weight is 246 g/mol. The molecule has 1 saturated heterocycles. The summed E-state index contributed by atoms with van der Waals surface area (Å²) in [4.78, 5) is 2.40. The lowest BCUT2D eigenvalue weighted by Gasteiger charge is -2.38. The fraction of sp³-hybridized carbons (Fsp3) is 1.00. The minimum absolute atomic E-state index is 0.230.